The summed E-state index contributed by atoms with van der Waals surface area (Å²) in [6.45, 7) is 0.130. The first-order chi connectivity index (χ1) is 11.5. The predicted octanol–water partition coefficient (Wildman–Crippen LogP) is 2.54. The molecular weight excluding hydrogens is 316 g/mol. The molecule has 0 unspecified atom stereocenters. The van der Waals surface area contributed by atoms with Gasteiger partial charge in [0.15, 0.2) is 17.3 Å². The largest absolute Gasteiger partial charge is 0.454 e. The van der Waals surface area contributed by atoms with Crippen LogP contribution in [0.5, 0.6) is 11.5 Å². The molecule has 0 fully saturated rings. The van der Waals surface area contributed by atoms with Crippen LogP contribution >= 0.6 is 0 Å². The van der Waals surface area contributed by atoms with Gasteiger partial charge in [-0.15, -0.1) is 0 Å². The molecule has 122 valence electrons. The summed E-state index contributed by atoms with van der Waals surface area (Å²) >= 11 is 0. The molecule has 1 amide bonds. The van der Waals surface area contributed by atoms with E-state index in [1.807, 2.05) is 0 Å². The van der Waals surface area contributed by atoms with Gasteiger partial charge in [0.05, 0.1) is 11.3 Å². The summed E-state index contributed by atoms with van der Waals surface area (Å²) in [7, 11) is 0. The van der Waals surface area contributed by atoms with E-state index in [1.165, 1.54) is 24.3 Å². The van der Waals surface area contributed by atoms with E-state index in [0.717, 1.165) is 0 Å². The number of ketones is 1. The molecular formula is C16H12N2O6. The Kier molecular flexibility index (Phi) is 4.11. The Morgan fingerprint density at radius 3 is 2.50 bits per heavy atom. The average Bonchev–Trinajstić information content (AvgIpc) is 3.02. The smallest absolute Gasteiger partial charge is 0.269 e. The molecule has 0 radical (unpaired) electrons. The van der Waals surface area contributed by atoms with E-state index in [1.54, 1.807) is 18.2 Å². The maximum absolute atomic E-state index is 12.0. The van der Waals surface area contributed by atoms with Crippen LogP contribution in [-0.2, 0) is 4.79 Å². The van der Waals surface area contributed by atoms with Gasteiger partial charge in [0.25, 0.3) is 5.69 Å². The Balaban J connectivity index is 1.62. The summed E-state index contributed by atoms with van der Waals surface area (Å²) in [5.74, 6) is 0.199. The molecule has 0 saturated heterocycles. The lowest BCUT2D eigenvalue weighted by molar-refractivity contribution is -0.384. The topological polar surface area (TPSA) is 108 Å². The lowest BCUT2D eigenvalue weighted by atomic mass is 10.1. The van der Waals surface area contributed by atoms with Crippen LogP contribution < -0.4 is 14.8 Å². The van der Waals surface area contributed by atoms with Gasteiger partial charge in [-0.05, 0) is 24.3 Å². The highest BCUT2D eigenvalue weighted by Gasteiger charge is 2.16. The fourth-order valence-corrected chi connectivity index (χ4v) is 2.20. The van der Waals surface area contributed by atoms with Crippen LogP contribution in [0.4, 0.5) is 11.4 Å². The molecule has 8 heteroatoms. The Labute approximate surface area is 136 Å². The molecule has 3 rings (SSSR count). The van der Waals surface area contributed by atoms with Crippen molar-refractivity contribution in [2.45, 2.75) is 6.42 Å². The van der Waals surface area contributed by atoms with Gasteiger partial charge in [-0.2, -0.15) is 0 Å². The number of hydrogen-bond acceptors (Lipinski definition) is 6. The van der Waals surface area contributed by atoms with Crippen LogP contribution in [0.2, 0.25) is 0 Å². The lowest BCUT2D eigenvalue weighted by Gasteiger charge is -2.06. The van der Waals surface area contributed by atoms with Gasteiger partial charge < -0.3 is 14.8 Å². The van der Waals surface area contributed by atoms with Crippen molar-refractivity contribution >= 4 is 23.1 Å². The highest BCUT2D eigenvalue weighted by Crippen LogP contribution is 2.34. The summed E-state index contributed by atoms with van der Waals surface area (Å²) in [5.41, 5.74) is 0.610. The number of hydrogen-bond donors (Lipinski definition) is 1. The molecule has 0 bridgehead atoms. The second kappa shape index (κ2) is 6.37. The van der Waals surface area contributed by atoms with E-state index in [2.05, 4.69) is 5.32 Å². The number of Topliss-reactive ketones (excluding diaryl/α,β-unsaturated/α-hetero) is 1. The van der Waals surface area contributed by atoms with Gasteiger partial charge in [0.2, 0.25) is 12.7 Å². The Hall–Kier alpha value is -3.42. The molecule has 0 saturated carbocycles. The lowest BCUT2D eigenvalue weighted by Crippen LogP contribution is -2.16. The number of fused-ring (bicyclic) bond motifs is 1. The Morgan fingerprint density at radius 2 is 1.79 bits per heavy atom. The molecule has 1 heterocycles. The van der Waals surface area contributed by atoms with E-state index >= 15 is 0 Å². The number of nitro groups is 1. The molecule has 2 aromatic rings. The highest BCUT2D eigenvalue weighted by molar-refractivity contribution is 6.11. The van der Waals surface area contributed by atoms with Crippen molar-refractivity contribution in [2.75, 3.05) is 12.1 Å². The molecule has 1 aliphatic rings. The number of nitro benzene ring substituents is 1. The number of nitrogens with one attached hydrogen (secondary N) is 1. The maximum atomic E-state index is 12.0. The number of carbonyl (C=O) groups excluding carboxylic acids is 2. The van der Waals surface area contributed by atoms with Crippen molar-refractivity contribution in [1.29, 1.82) is 0 Å². The van der Waals surface area contributed by atoms with Gasteiger partial charge in [0.1, 0.15) is 0 Å². The number of non-ortho nitro benzene ring substituents is 1. The van der Waals surface area contributed by atoms with Crippen LogP contribution in [-0.4, -0.2) is 23.4 Å². The van der Waals surface area contributed by atoms with Crippen molar-refractivity contribution in [2.24, 2.45) is 0 Å². The van der Waals surface area contributed by atoms with Gasteiger partial charge in [-0.3, -0.25) is 19.7 Å². The molecule has 8 nitrogen and oxygen atoms in total. The first kappa shape index (κ1) is 15.5. The number of benzene rings is 2. The minimum atomic E-state index is -0.555. The van der Waals surface area contributed by atoms with Crippen LogP contribution in [0.3, 0.4) is 0 Å². The predicted molar refractivity (Wildman–Crippen MR) is 83.2 cm³/mol. The fraction of sp³-hybridized carbons (Fsp3) is 0.125. The third kappa shape index (κ3) is 3.32. The molecule has 0 aromatic heterocycles. The fourth-order valence-electron chi connectivity index (χ4n) is 2.20. The monoisotopic (exact) mass is 328 g/mol. The summed E-state index contributed by atoms with van der Waals surface area (Å²) in [5, 5.41) is 13.2. The minimum absolute atomic E-state index is 0.114. The van der Waals surface area contributed by atoms with Crippen molar-refractivity contribution < 1.29 is 24.0 Å². The zero-order valence-electron chi connectivity index (χ0n) is 12.4. The second-order valence-corrected chi connectivity index (χ2v) is 5.02. The minimum Gasteiger partial charge on any atom is -0.454 e. The number of amides is 1. The Bertz CT molecular complexity index is 816. The van der Waals surface area contributed by atoms with Gasteiger partial charge in [0, 0.05) is 29.4 Å². The van der Waals surface area contributed by atoms with E-state index in [9.17, 15) is 19.7 Å². The number of nitrogens with zero attached hydrogens (tertiary/aromatic N) is 1. The summed E-state index contributed by atoms with van der Waals surface area (Å²) in [4.78, 5) is 34.0. The first-order valence-electron chi connectivity index (χ1n) is 7.00. The van der Waals surface area contributed by atoms with Crippen LogP contribution in [0.15, 0.2) is 42.5 Å². The summed E-state index contributed by atoms with van der Waals surface area (Å²) in [6.07, 6.45) is -0.369. The molecule has 2 aromatic carbocycles. The number of carbonyl (C=O) groups is 2. The van der Waals surface area contributed by atoms with Gasteiger partial charge in [-0.25, -0.2) is 0 Å². The molecule has 1 aliphatic heterocycles. The second-order valence-electron chi connectivity index (χ2n) is 5.02. The third-order valence-corrected chi connectivity index (χ3v) is 3.38. The van der Waals surface area contributed by atoms with Crippen LogP contribution in [0.25, 0.3) is 0 Å². The highest BCUT2D eigenvalue weighted by atomic mass is 16.7. The summed E-state index contributed by atoms with van der Waals surface area (Å²) in [6, 6.07) is 10.0. The van der Waals surface area contributed by atoms with E-state index in [-0.39, 0.29) is 24.5 Å². The molecule has 0 atom stereocenters. The zero-order chi connectivity index (χ0) is 17.1. The molecule has 0 aliphatic carbocycles. The zero-order valence-corrected chi connectivity index (χ0v) is 12.4. The maximum Gasteiger partial charge on any atom is 0.269 e. The molecule has 0 spiro atoms. The van der Waals surface area contributed by atoms with Crippen LogP contribution in [0.1, 0.15) is 16.8 Å². The van der Waals surface area contributed by atoms with Gasteiger partial charge >= 0.3 is 0 Å². The first-order valence-corrected chi connectivity index (χ1v) is 7.00. The van der Waals surface area contributed by atoms with E-state index in [4.69, 9.17) is 9.47 Å². The van der Waals surface area contributed by atoms with Crippen molar-refractivity contribution in [3.63, 3.8) is 0 Å². The quantitative estimate of drug-likeness (QED) is 0.391. The Morgan fingerprint density at radius 1 is 1.08 bits per heavy atom. The summed E-state index contributed by atoms with van der Waals surface area (Å²) < 4.78 is 10.4. The van der Waals surface area contributed by atoms with Crippen LogP contribution in [0, 0.1) is 10.1 Å². The molecule has 1 N–H and O–H groups in total. The number of anilines is 1. The number of ether oxygens (including phenoxy) is 2. The SMILES string of the molecule is O=C(CC(=O)c1ccc([N+](=O)[O-])cc1)Nc1ccc2c(c1)OCO2. The molecule has 24 heavy (non-hydrogen) atoms. The number of rotatable bonds is 5. The third-order valence-electron chi connectivity index (χ3n) is 3.38. The normalized spacial score (nSPS) is 11.8. The van der Waals surface area contributed by atoms with Crippen molar-refractivity contribution in [1.82, 2.24) is 0 Å². The van der Waals surface area contributed by atoms with Crippen molar-refractivity contribution in [3.05, 3.63) is 58.1 Å². The average molecular weight is 328 g/mol. The van der Waals surface area contributed by atoms with Gasteiger partial charge in [-0.1, -0.05) is 0 Å². The van der Waals surface area contributed by atoms with Crippen molar-refractivity contribution in [3.8, 4) is 11.5 Å². The van der Waals surface area contributed by atoms with E-state index < -0.39 is 16.6 Å². The standard InChI is InChI=1S/C16H12N2O6/c19-13(10-1-4-12(5-2-10)18(21)22)8-16(20)17-11-3-6-14-15(7-11)24-9-23-14/h1-7H,8-9H2,(H,17,20). The van der Waals surface area contributed by atoms with E-state index in [0.29, 0.717) is 17.2 Å².